The molecule has 21 heavy (non-hydrogen) atoms. The van der Waals surface area contributed by atoms with Crippen LogP contribution in [0.4, 0.5) is 10.1 Å². The van der Waals surface area contributed by atoms with Crippen molar-refractivity contribution in [3.63, 3.8) is 0 Å². The molecule has 0 unspecified atom stereocenters. The molecule has 0 spiro atoms. The minimum Gasteiger partial charge on any atom is -0.398 e. The number of halogens is 2. The van der Waals surface area contributed by atoms with E-state index in [0.717, 1.165) is 25.3 Å². The lowest BCUT2D eigenvalue weighted by molar-refractivity contribution is 0.314. The topological polar surface area (TPSA) is 63.4 Å². The minimum absolute atomic E-state index is 0.113. The molecule has 0 aromatic heterocycles. The van der Waals surface area contributed by atoms with Crippen molar-refractivity contribution in [2.24, 2.45) is 5.41 Å². The van der Waals surface area contributed by atoms with Crippen LogP contribution in [0.1, 0.15) is 33.1 Å². The zero-order valence-corrected chi connectivity index (χ0v) is 14.6. The Morgan fingerprint density at radius 1 is 1.29 bits per heavy atom. The normalized spacial score (nSPS) is 20.2. The summed E-state index contributed by atoms with van der Waals surface area (Å²) in [6, 6.07) is 2.29. The maximum Gasteiger partial charge on any atom is 0.246 e. The van der Waals surface area contributed by atoms with Crippen LogP contribution >= 0.6 is 15.9 Å². The van der Waals surface area contributed by atoms with Gasteiger partial charge in [0.05, 0.1) is 0 Å². The largest absolute Gasteiger partial charge is 0.398 e. The molecule has 2 rings (SSSR count). The van der Waals surface area contributed by atoms with E-state index in [2.05, 4.69) is 29.8 Å². The van der Waals surface area contributed by atoms with E-state index in [1.165, 1.54) is 10.4 Å². The summed E-state index contributed by atoms with van der Waals surface area (Å²) in [5, 5.41) is 0. The van der Waals surface area contributed by atoms with Gasteiger partial charge in [-0.05, 0) is 52.7 Å². The summed E-state index contributed by atoms with van der Waals surface area (Å²) < 4.78 is 41.1. The molecule has 1 aliphatic rings. The fourth-order valence-corrected chi connectivity index (χ4v) is 4.40. The third-order valence-electron chi connectivity index (χ3n) is 3.97. The first-order valence-corrected chi connectivity index (χ1v) is 9.11. The van der Waals surface area contributed by atoms with Crippen molar-refractivity contribution in [3.05, 3.63) is 22.4 Å². The first-order chi connectivity index (χ1) is 9.63. The molecule has 4 nitrogen and oxygen atoms in total. The van der Waals surface area contributed by atoms with E-state index in [4.69, 9.17) is 5.73 Å². The van der Waals surface area contributed by atoms with Gasteiger partial charge in [-0.25, -0.2) is 12.8 Å². The van der Waals surface area contributed by atoms with E-state index in [1.807, 2.05) is 0 Å². The van der Waals surface area contributed by atoms with Gasteiger partial charge in [-0.2, -0.15) is 4.31 Å². The van der Waals surface area contributed by atoms with Crippen LogP contribution in [0, 0.1) is 11.2 Å². The molecule has 1 fully saturated rings. The van der Waals surface area contributed by atoms with Gasteiger partial charge in [0.2, 0.25) is 10.0 Å². The fraction of sp³-hybridized carbons (Fsp3) is 0.571. The standard InChI is InChI=1S/C14H20BrFN2O2S/c1-14(2)4-3-6-18(7-5-14)21(19,20)13-9-12(17)10(15)8-11(13)16/h8-9H,3-7,17H2,1-2H3. The highest BCUT2D eigenvalue weighted by Gasteiger charge is 2.32. The molecule has 1 heterocycles. The number of benzene rings is 1. The van der Waals surface area contributed by atoms with Gasteiger partial charge in [0, 0.05) is 23.2 Å². The van der Waals surface area contributed by atoms with E-state index in [-0.39, 0.29) is 16.0 Å². The van der Waals surface area contributed by atoms with Crippen LogP contribution in [0.15, 0.2) is 21.5 Å². The second-order valence-corrected chi connectivity index (χ2v) is 8.99. The van der Waals surface area contributed by atoms with Crippen molar-refractivity contribution < 1.29 is 12.8 Å². The maximum atomic E-state index is 14.0. The zero-order valence-electron chi connectivity index (χ0n) is 12.2. The Balaban J connectivity index is 2.36. The molecule has 0 radical (unpaired) electrons. The summed E-state index contributed by atoms with van der Waals surface area (Å²) in [7, 11) is -3.85. The number of hydrogen-bond acceptors (Lipinski definition) is 3. The summed E-state index contributed by atoms with van der Waals surface area (Å²) in [5.74, 6) is -0.778. The lowest BCUT2D eigenvalue weighted by Gasteiger charge is -2.23. The maximum absolute atomic E-state index is 14.0. The predicted molar refractivity (Wildman–Crippen MR) is 84.9 cm³/mol. The van der Waals surface area contributed by atoms with Crippen LogP contribution in [0.25, 0.3) is 0 Å². The summed E-state index contributed by atoms with van der Waals surface area (Å²) in [4.78, 5) is -0.345. The first kappa shape index (κ1) is 16.7. The van der Waals surface area contributed by atoms with Gasteiger partial charge in [0.15, 0.2) is 0 Å². The molecule has 0 saturated carbocycles. The Bertz CT molecular complexity index is 647. The minimum atomic E-state index is -3.85. The second-order valence-electron chi connectivity index (χ2n) is 6.23. The van der Waals surface area contributed by atoms with Crippen molar-refractivity contribution in [1.29, 1.82) is 0 Å². The molecular formula is C14H20BrFN2O2S. The SMILES string of the molecule is CC1(C)CCCN(S(=O)(=O)c2cc(N)c(Br)cc2F)CC1. The number of sulfonamides is 1. The first-order valence-electron chi connectivity index (χ1n) is 6.88. The molecule has 0 aliphatic carbocycles. The Hall–Kier alpha value is -0.660. The molecule has 1 aliphatic heterocycles. The van der Waals surface area contributed by atoms with E-state index >= 15 is 0 Å². The third kappa shape index (κ3) is 3.57. The van der Waals surface area contributed by atoms with Crippen LogP contribution in [0.3, 0.4) is 0 Å². The molecular weight excluding hydrogens is 359 g/mol. The smallest absolute Gasteiger partial charge is 0.246 e. The van der Waals surface area contributed by atoms with Crippen LogP contribution in [0.2, 0.25) is 0 Å². The van der Waals surface area contributed by atoms with Crippen molar-refractivity contribution in [2.75, 3.05) is 18.8 Å². The Morgan fingerprint density at radius 3 is 2.62 bits per heavy atom. The molecule has 2 N–H and O–H groups in total. The molecule has 0 bridgehead atoms. The fourth-order valence-electron chi connectivity index (χ4n) is 2.52. The van der Waals surface area contributed by atoms with Crippen LogP contribution in [0.5, 0.6) is 0 Å². The van der Waals surface area contributed by atoms with Crippen molar-refractivity contribution in [1.82, 2.24) is 4.31 Å². The molecule has 0 amide bonds. The monoisotopic (exact) mass is 378 g/mol. The number of anilines is 1. The average molecular weight is 379 g/mol. The van der Waals surface area contributed by atoms with Gasteiger partial charge >= 0.3 is 0 Å². The molecule has 0 atom stereocenters. The van der Waals surface area contributed by atoms with E-state index in [1.54, 1.807) is 0 Å². The van der Waals surface area contributed by atoms with Gasteiger partial charge in [0.25, 0.3) is 0 Å². The predicted octanol–water partition coefficient (Wildman–Crippen LogP) is 3.37. The van der Waals surface area contributed by atoms with Crippen LogP contribution in [-0.2, 0) is 10.0 Å². The number of nitrogens with two attached hydrogens (primary N) is 1. The van der Waals surface area contributed by atoms with E-state index in [9.17, 15) is 12.8 Å². The van der Waals surface area contributed by atoms with Crippen molar-refractivity contribution >= 4 is 31.6 Å². The lowest BCUT2D eigenvalue weighted by atomic mass is 9.85. The molecule has 1 aromatic carbocycles. The highest BCUT2D eigenvalue weighted by atomic mass is 79.9. The zero-order chi connectivity index (χ0) is 15.8. The van der Waals surface area contributed by atoms with Gasteiger partial charge in [0.1, 0.15) is 10.7 Å². The van der Waals surface area contributed by atoms with Gasteiger partial charge in [-0.1, -0.05) is 13.8 Å². The number of nitrogen functional groups attached to an aromatic ring is 1. The molecule has 1 saturated heterocycles. The van der Waals surface area contributed by atoms with E-state index in [0.29, 0.717) is 17.6 Å². The number of nitrogens with zero attached hydrogens (tertiary/aromatic N) is 1. The molecule has 7 heteroatoms. The third-order valence-corrected chi connectivity index (χ3v) is 6.57. The van der Waals surface area contributed by atoms with Crippen LogP contribution < -0.4 is 5.73 Å². The highest BCUT2D eigenvalue weighted by Crippen LogP contribution is 2.33. The summed E-state index contributed by atoms with van der Waals surface area (Å²) >= 11 is 3.10. The highest BCUT2D eigenvalue weighted by molar-refractivity contribution is 9.10. The molecule has 1 aromatic rings. The van der Waals surface area contributed by atoms with Gasteiger partial charge in [-0.15, -0.1) is 0 Å². The lowest BCUT2D eigenvalue weighted by Crippen LogP contribution is -2.33. The van der Waals surface area contributed by atoms with Gasteiger partial charge < -0.3 is 5.73 Å². The molecule has 118 valence electrons. The summed E-state index contributed by atoms with van der Waals surface area (Å²) in [6.45, 7) is 5.08. The average Bonchev–Trinajstić information content (AvgIpc) is 2.55. The van der Waals surface area contributed by atoms with Crippen LogP contribution in [-0.4, -0.2) is 25.8 Å². The summed E-state index contributed by atoms with van der Waals surface area (Å²) in [6.07, 6.45) is 2.50. The van der Waals surface area contributed by atoms with Crippen molar-refractivity contribution in [2.45, 2.75) is 38.0 Å². The van der Waals surface area contributed by atoms with E-state index < -0.39 is 15.8 Å². The Labute approximate surface area is 133 Å². The number of hydrogen-bond donors (Lipinski definition) is 1. The van der Waals surface area contributed by atoms with Gasteiger partial charge in [-0.3, -0.25) is 0 Å². The second kappa shape index (κ2) is 5.85. The number of rotatable bonds is 2. The Kier molecular flexibility index (Phi) is 4.66. The summed E-state index contributed by atoms with van der Waals surface area (Å²) in [5.41, 5.74) is 6.02. The quantitative estimate of drug-likeness (QED) is 0.802. The Morgan fingerprint density at radius 2 is 1.95 bits per heavy atom. The van der Waals surface area contributed by atoms with Crippen molar-refractivity contribution in [3.8, 4) is 0 Å².